The van der Waals surface area contributed by atoms with E-state index in [4.69, 9.17) is 11.6 Å². The van der Waals surface area contributed by atoms with Crippen molar-refractivity contribution in [2.45, 2.75) is 26.7 Å². The standard InChI is InChI=1S/C18H17ClFN3O/c1-3-4-15-17(23-10-12(20)6-8-16(23)22-15)18(24)21-13-7-5-11(2)14(19)9-13/h5-10H,3-4H2,1-2H3,(H,21,24). The number of anilines is 1. The molecular weight excluding hydrogens is 329 g/mol. The van der Waals surface area contributed by atoms with Crippen molar-refractivity contribution in [3.05, 3.63) is 64.3 Å². The highest BCUT2D eigenvalue weighted by molar-refractivity contribution is 6.31. The largest absolute Gasteiger partial charge is 0.321 e. The third-order valence-corrected chi connectivity index (χ3v) is 4.19. The molecule has 0 fully saturated rings. The Hall–Kier alpha value is -2.40. The fourth-order valence-corrected chi connectivity index (χ4v) is 2.76. The number of amides is 1. The quantitative estimate of drug-likeness (QED) is 0.748. The smallest absolute Gasteiger partial charge is 0.274 e. The molecule has 0 aliphatic carbocycles. The molecule has 3 aromatic rings. The molecule has 1 N–H and O–H groups in total. The highest BCUT2D eigenvalue weighted by Crippen LogP contribution is 2.22. The van der Waals surface area contributed by atoms with Crippen molar-refractivity contribution in [1.29, 1.82) is 0 Å². The molecule has 3 rings (SSSR count). The Morgan fingerprint density at radius 2 is 2.12 bits per heavy atom. The molecule has 0 aliphatic rings. The molecule has 2 heterocycles. The molecule has 0 atom stereocenters. The lowest BCUT2D eigenvalue weighted by Crippen LogP contribution is -2.16. The highest BCUT2D eigenvalue weighted by atomic mass is 35.5. The minimum atomic E-state index is -0.421. The van der Waals surface area contributed by atoms with Crippen molar-refractivity contribution >= 4 is 28.8 Å². The summed E-state index contributed by atoms with van der Waals surface area (Å²) in [6, 6.07) is 8.20. The number of hydrogen-bond donors (Lipinski definition) is 1. The van der Waals surface area contributed by atoms with Crippen LogP contribution in [0.15, 0.2) is 36.5 Å². The van der Waals surface area contributed by atoms with Gasteiger partial charge in [-0.05, 0) is 43.2 Å². The van der Waals surface area contributed by atoms with E-state index in [1.54, 1.807) is 18.2 Å². The van der Waals surface area contributed by atoms with Gasteiger partial charge in [0.15, 0.2) is 0 Å². The van der Waals surface area contributed by atoms with Crippen LogP contribution in [0.2, 0.25) is 5.02 Å². The summed E-state index contributed by atoms with van der Waals surface area (Å²) in [4.78, 5) is 17.2. The lowest BCUT2D eigenvalue weighted by molar-refractivity contribution is 0.102. The first kappa shape index (κ1) is 16.5. The molecule has 0 unspecified atom stereocenters. The third-order valence-electron chi connectivity index (χ3n) is 3.79. The summed E-state index contributed by atoms with van der Waals surface area (Å²) in [5.41, 5.74) is 3.07. The van der Waals surface area contributed by atoms with Crippen molar-refractivity contribution < 1.29 is 9.18 Å². The fourth-order valence-electron chi connectivity index (χ4n) is 2.58. The van der Waals surface area contributed by atoms with Crippen LogP contribution in [0, 0.1) is 12.7 Å². The Balaban J connectivity index is 2.02. The number of rotatable bonds is 4. The van der Waals surface area contributed by atoms with E-state index in [1.165, 1.54) is 16.7 Å². The van der Waals surface area contributed by atoms with Gasteiger partial charge in [0.05, 0.1) is 5.69 Å². The maximum absolute atomic E-state index is 13.6. The number of carbonyl (C=O) groups excluding carboxylic acids is 1. The van der Waals surface area contributed by atoms with Gasteiger partial charge in [0, 0.05) is 16.9 Å². The minimum Gasteiger partial charge on any atom is -0.321 e. The summed E-state index contributed by atoms with van der Waals surface area (Å²) < 4.78 is 15.1. The Morgan fingerprint density at radius 1 is 1.33 bits per heavy atom. The van der Waals surface area contributed by atoms with Crippen molar-refractivity contribution in [2.24, 2.45) is 0 Å². The second-order valence-electron chi connectivity index (χ2n) is 5.65. The Kier molecular flexibility index (Phi) is 4.53. The maximum atomic E-state index is 13.6. The van der Waals surface area contributed by atoms with Crippen molar-refractivity contribution in [3.8, 4) is 0 Å². The van der Waals surface area contributed by atoms with Crippen LogP contribution < -0.4 is 5.32 Å². The van der Waals surface area contributed by atoms with Gasteiger partial charge < -0.3 is 5.32 Å². The number of nitrogens with one attached hydrogen (secondary N) is 1. The van der Waals surface area contributed by atoms with Crippen LogP contribution >= 0.6 is 11.6 Å². The van der Waals surface area contributed by atoms with E-state index in [9.17, 15) is 9.18 Å². The number of aromatic nitrogens is 2. The van der Waals surface area contributed by atoms with E-state index in [2.05, 4.69) is 10.3 Å². The zero-order valence-corrected chi connectivity index (χ0v) is 14.2. The van der Waals surface area contributed by atoms with Gasteiger partial charge in [0.1, 0.15) is 17.2 Å². The van der Waals surface area contributed by atoms with E-state index >= 15 is 0 Å². The molecule has 4 nitrogen and oxygen atoms in total. The first-order valence-electron chi connectivity index (χ1n) is 7.73. The Labute approximate surface area is 144 Å². The van der Waals surface area contributed by atoms with Gasteiger partial charge in [-0.2, -0.15) is 0 Å². The molecule has 0 spiro atoms. The lowest BCUT2D eigenvalue weighted by atomic mass is 10.2. The number of pyridine rings is 1. The van der Waals surface area contributed by atoms with Crippen LogP contribution in [0.1, 0.15) is 35.1 Å². The summed E-state index contributed by atoms with van der Waals surface area (Å²) >= 11 is 6.10. The van der Waals surface area contributed by atoms with Crippen LogP contribution in [0.5, 0.6) is 0 Å². The molecule has 0 saturated carbocycles. The first-order chi connectivity index (χ1) is 11.5. The molecule has 24 heavy (non-hydrogen) atoms. The minimum absolute atomic E-state index is 0.337. The SMILES string of the molecule is CCCc1nc2ccc(F)cn2c1C(=O)Nc1ccc(C)c(Cl)c1. The molecule has 0 bridgehead atoms. The van der Waals surface area contributed by atoms with E-state index in [1.807, 2.05) is 19.9 Å². The van der Waals surface area contributed by atoms with Gasteiger partial charge in [-0.1, -0.05) is 31.0 Å². The van der Waals surface area contributed by atoms with Gasteiger partial charge in [0.2, 0.25) is 0 Å². The van der Waals surface area contributed by atoms with Crippen LogP contribution in [0.25, 0.3) is 5.65 Å². The molecule has 6 heteroatoms. The molecular formula is C18H17ClFN3O. The summed E-state index contributed by atoms with van der Waals surface area (Å²) in [6.45, 7) is 3.90. The second kappa shape index (κ2) is 6.61. The van der Waals surface area contributed by atoms with Crippen LogP contribution in [-0.2, 0) is 6.42 Å². The predicted molar refractivity (Wildman–Crippen MR) is 93.3 cm³/mol. The van der Waals surface area contributed by atoms with E-state index < -0.39 is 5.82 Å². The normalized spacial score (nSPS) is 11.0. The Morgan fingerprint density at radius 3 is 2.83 bits per heavy atom. The molecule has 1 amide bonds. The summed E-state index contributed by atoms with van der Waals surface area (Å²) in [6.07, 6.45) is 2.75. The number of fused-ring (bicyclic) bond motifs is 1. The van der Waals surface area contributed by atoms with Gasteiger partial charge >= 0.3 is 0 Å². The number of aryl methyl sites for hydroxylation is 2. The second-order valence-corrected chi connectivity index (χ2v) is 6.06. The number of imidazole rings is 1. The van der Waals surface area contributed by atoms with E-state index in [0.29, 0.717) is 34.2 Å². The zero-order valence-electron chi connectivity index (χ0n) is 13.4. The van der Waals surface area contributed by atoms with Gasteiger partial charge in [0.25, 0.3) is 5.91 Å². The van der Waals surface area contributed by atoms with Gasteiger partial charge in [-0.3, -0.25) is 9.20 Å². The number of halogens is 2. The highest BCUT2D eigenvalue weighted by Gasteiger charge is 2.19. The molecule has 0 radical (unpaired) electrons. The monoisotopic (exact) mass is 345 g/mol. The van der Waals surface area contributed by atoms with Crippen molar-refractivity contribution in [3.63, 3.8) is 0 Å². The average molecular weight is 346 g/mol. The van der Waals surface area contributed by atoms with Crippen LogP contribution in [0.4, 0.5) is 10.1 Å². The molecule has 2 aromatic heterocycles. The lowest BCUT2D eigenvalue weighted by Gasteiger charge is -2.08. The molecule has 0 aliphatic heterocycles. The number of benzene rings is 1. The number of carbonyl (C=O) groups is 1. The third kappa shape index (κ3) is 3.12. The average Bonchev–Trinajstić information content (AvgIpc) is 2.88. The fraction of sp³-hybridized carbons (Fsp3) is 0.222. The number of hydrogen-bond acceptors (Lipinski definition) is 2. The first-order valence-corrected chi connectivity index (χ1v) is 8.11. The maximum Gasteiger partial charge on any atom is 0.274 e. The number of nitrogens with zero attached hydrogens (tertiary/aromatic N) is 2. The van der Waals surface area contributed by atoms with Crippen molar-refractivity contribution in [1.82, 2.24) is 9.38 Å². The zero-order chi connectivity index (χ0) is 17.3. The molecule has 1 aromatic carbocycles. The van der Waals surface area contributed by atoms with Crippen molar-refractivity contribution in [2.75, 3.05) is 5.32 Å². The summed E-state index contributed by atoms with van der Waals surface area (Å²) in [5, 5.41) is 3.39. The molecule has 124 valence electrons. The summed E-state index contributed by atoms with van der Waals surface area (Å²) in [5.74, 6) is -0.758. The van der Waals surface area contributed by atoms with Gasteiger partial charge in [-0.15, -0.1) is 0 Å². The van der Waals surface area contributed by atoms with E-state index in [-0.39, 0.29) is 5.91 Å². The predicted octanol–water partition coefficient (Wildman–Crippen LogP) is 4.64. The Bertz CT molecular complexity index is 920. The summed E-state index contributed by atoms with van der Waals surface area (Å²) in [7, 11) is 0. The molecule has 0 saturated heterocycles. The topological polar surface area (TPSA) is 46.4 Å². The van der Waals surface area contributed by atoms with E-state index in [0.717, 1.165) is 12.0 Å². The van der Waals surface area contributed by atoms with Crippen LogP contribution in [0.3, 0.4) is 0 Å². The van der Waals surface area contributed by atoms with Gasteiger partial charge in [-0.25, -0.2) is 9.37 Å². The van der Waals surface area contributed by atoms with Crippen LogP contribution in [-0.4, -0.2) is 15.3 Å².